The lowest BCUT2D eigenvalue weighted by atomic mass is 10.1. The molecule has 4 rings (SSSR count). The number of carbonyl (C=O) groups is 3. The van der Waals surface area contributed by atoms with Gasteiger partial charge in [0, 0.05) is 24.5 Å². The van der Waals surface area contributed by atoms with Gasteiger partial charge in [-0.25, -0.2) is 30.3 Å². The monoisotopic (exact) mass is 517 g/mol. The van der Waals surface area contributed by atoms with Crippen molar-refractivity contribution in [2.75, 3.05) is 11.9 Å². The van der Waals surface area contributed by atoms with Crippen LogP contribution in [0, 0.1) is 6.92 Å². The summed E-state index contributed by atoms with van der Waals surface area (Å²) < 4.78 is 5.72. The summed E-state index contributed by atoms with van der Waals surface area (Å²) in [7, 11) is 0. The molecule has 1 aliphatic heterocycles. The van der Waals surface area contributed by atoms with Gasteiger partial charge in [-0.1, -0.05) is 40.2 Å². The number of imide groups is 1. The number of hydrogen-bond donors (Lipinski definition) is 3. The fraction of sp³-hybridized carbons (Fsp3) is 0.200. The molecule has 0 spiro atoms. The molecule has 1 fully saturated rings. The zero-order chi connectivity index (χ0) is 27.2. The number of ether oxygens (including phenoxy) is 1. The Hall–Kier alpha value is -5.04. The number of benzene rings is 2. The summed E-state index contributed by atoms with van der Waals surface area (Å²) in [5, 5.41) is 10.4. The summed E-state index contributed by atoms with van der Waals surface area (Å²) >= 11 is 0. The van der Waals surface area contributed by atoms with Gasteiger partial charge < -0.3 is 15.9 Å². The first kappa shape index (κ1) is 26.0. The lowest BCUT2D eigenvalue weighted by molar-refractivity contribution is 0.0390. The Bertz CT molecular complexity index is 1330. The third-order valence-electron chi connectivity index (χ3n) is 5.78. The van der Waals surface area contributed by atoms with Gasteiger partial charge >= 0.3 is 12.1 Å². The molecule has 13 nitrogen and oxygen atoms in total. The predicted molar refractivity (Wildman–Crippen MR) is 137 cm³/mol. The SMILES string of the molecule is CCN1C(=O)N(N)C(Nc2ccc(Oc3ccc(C(=O)N=NN)cn3)cc2)N(Cc2ccc(C)cc2)C1=O. The number of hydrazine groups is 1. The second kappa shape index (κ2) is 11.3. The number of urea groups is 2. The zero-order valence-corrected chi connectivity index (χ0v) is 20.8. The van der Waals surface area contributed by atoms with Gasteiger partial charge in [-0.3, -0.25) is 9.69 Å². The molecule has 0 bridgehead atoms. The summed E-state index contributed by atoms with van der Waals surface area (Å²) in [5.74, 6) is 11.2. The summed E-state index contributed by atoms with van der Waals surface area (Å²) in [5.41, 5.74) is 2.80. The first-order valence-electron chi connectivity index (χ1n) is 11.7. The van der Waals surface area contributed by atoms with Gasteiger partial charge in [0.2, 0.25) is 12.2 Å². The van der Waals surface area contributed by atoms with Crippen molar-refractivity contribution in [2.24, 2.45) is 22.0 Å². The lowest BCUT2D eigenvalue weighted by Crippen LogP contribution is -2.70. The van der Waals surface area contributed by atoms with E-state index in [0.29, 0.717) is 11.4 Å². The zero-order valence-electron chi connectivity index (χ0n) is 20.8. The van der Waals surface area contributed by atoms with E-state index < -0.39 is 24.3 Å². The highest BCUT2D eigenvalue weighted by atomic mass is 16.5. The maximum absolute atomic E-state index is 13.2. The average Bonchev–Trinajstić information content (AvgIpc) is 2.92. The molecule has 0 radical (unpaired) electrons. The van der Waals surface area contributed by atoms with Crippen molar-refractivity contribution in [3.05, 3.63) is 83.6 Å². The van der Waals surface area contributed by atoms with Crippen molar-refractivity contribution in [1.29, 1.82) is 0 Å². The minimum atomic E-state index is -0.928. The molecular formula is C25H27N9O4. The molecule has 13 heteroatoms. The van der Waals surface area contributed by atoms with E-state index in [1.54, 1.807) is 31.2 Å². The number of nitrogens with zero attached hydrogens (tertiary/aromatic N) is 6. The summed E-state index contributed by atoms with van der Waals surface area (Å²) in [6.07, 6.45) is 0.375. The van der Waals surface area contributed by atoms with Gasteiger partial charge in [0.1, 0.15) is 5.75 Å². The van der Waals surface area contributed by atoms with Gasteiger partial charge in [0.05, 0.1) is 12.1 Å². The number of aromatic nitrogens is 1. The molecule has 5 N–H and O–H groups in total. The molecule has 0 saturated carbocycles. The van der Waals surface area contributed by atoms with Crippen molar-refractivity contribution < 1.29 is 19.1 Å². The van der Waals surface area contributed by atoms with Crippen LogP contribution in [0.25, 0.3) is 0 Å². The van der Waals surface area contributed by atoms with Gasteiger partial charge in [-0.15, -0.1) is 0 Å². The number of pyridine rings is 1. The van der Waals surface area contributed by atoms with Crippen molar-refractivity contribution >= 4 is 23.7 Å². The summed E-state index contributed by atoms with van der Waals surface area (Å²) in [4.78, 5) is 44.3. The third-order valence-corrected chi connectivity index (χ3v) is 5.78. The van der Waals surface area contributed by atoms with E-state index in [9.17, 15) is 14.4 Å². The lowest BCUT2D eigenvalue weighted by Gasteiger charge is -2.45. The van der Waals surface area contributed by atoms with E-state index in [-0.39, 0.29) is 24.5 Å². The van der Waals surface area contributed by atoms with E-state index in [1.807, 2.05) is 31.2 Å². The van der Waals surface area contributed by atoms with Crippen LogP contribution in [0.3, 0.4) is 0 Å². The Morgan fingerprint density at radius 1 is 1.05 bits per heavy atom. The molecule has 3 aromatic rings. The van der Waals surface area contributed by atoms with Gasteiger partial charge in [-0.05, 0) is 49.7 Å². The van der Waals surface area contributed by atoms with Crippen LogP contribution in [0.4, 0.5) is 15.3 Å². The van der Waals surface area contributed by atoms with Crippen LogP contribution in [0.1, 0.15) is 28.4 Å². The van der Waals surface area contributed by atoms with Crippen LogP contribution in [0.2, 0.25) is 0 Å². The molecule has 2 heterocycles. The Labute approximate surface area is 218 Å². The van der Waals surface area contributed by atoms with E-state index >= 15 is 0 Å². The number of aryl methyl sites for hydroxylation is 1. The highest BCUT2D eigenvalue weighted by Crippen LogP contribution is 2.25. The number of nitrogens with one attached hydrogen (secondary N) is 1. The largest absolute Gasteiger partial charge is 0.439 e. The number of rotatable bonds is 8. The summed E-state index contributed by atoms with van der Waals surface area (Å²) in [6.45, 7) is 4.13. The van der Waals surface area contributed by atoms with E-state index in [2.05, 4.69) is 20.6 Å². The highest BCUT2D eigenvalue weighted by molar-refractivity contribution is 5.96. The first-order valence-corrected chi connectivity index (χ1v) is 11.7. The van der Waals surface area contributed by atoms with Crippen LogP contribution in [-0.4, -0.2) is 50.6 Å². The van der Waals surface area contributed by atoms with Gasteiger partial charge in [0.15, 0.2) is 0 Å². The minimum Gasteiger partial charge on any atom is -0.439 e. The molecule has 1 saturated heterocycles. The number of hydrogen-bond acceptors (Lipinski definition) is 8. The predicted octanol–water partition coefficient (Wildman–Crippen LogP) is 3.60. The van der Waals surface area contributed by atoms with Gasteiger partial charge in [-0.2, -0.15) is 0 Å². The fourth-order valence-electron chi connectivity index (χ4n) is 3.76. The molecule has 1 atom stereocenters. The van der Waals surface area contributed by atoms with Crippen molar-refractivity contribution in [3.8, 4) is 11.6 Å². The standard InChI is InChI=1S/C25H27N9O4/c1-3-32-24(36)33(15-17-6-4-16(2)5-7-17)23(34(27)25(32)37)29-19-9-11-20(12-10-19)38-21-13-8-18(14-28-21)22(35)30-31-26/h4-14,23,29H,3,15,27H2,1-2H3,(H2,26,30,35). The molecule has 38 heavy (non-hydrogen) atoms. The number of anilines is 1. The smallest absolute Gasteiger partial charge is 0.345 e. The van der Waals surface area contributed by atoms with Crippen molar-refractivity contribution in [1.82, 2.24) is 19.8 Å². The van der Waals surface area contributed by atoms with Crippen molar-refractivity contribution in [3.63, 3.8) is 0 Å². The van der Waals surface area contributed by atoms with Crippen LogP contribution < -0.4 is 21.7 Å². The number of amides is 5. The van der Waals surface area contributed by atoms with Gasteiger partial charge in [0.25, 0.3) is 5.91 Å². The molecule has 196 valence electrons. The second-order valence-corrected chi connectivity index (χ2v) is 8.38. The topological polar surface area (TPSA) is 172 Å². The minimum absolute atomic E-state index is 0.189. The Morgan fingerprint density at radius 3 is 2.37 bits per heavy atom. The Balaban J connectivity index is 1.49. The number of carbonyl (C=O) groups excluding carboxylic acids is 3. The molecule has 2 aromatic carbocycles. The molecule has 1 unspecified atom stereocenters. The number of nitrogens with two attached hydrogens (primary N) is 2. The first-order chi connectivity index (χ1) is 18.3. The molecule has 5 amide bonds. The van der Waals surface area contributed by atoms with Crippen LogP contribution >= 0.6 is 0 Å². The maximum atomic E-state index is 13.2. The average molecular weight is 518 g/mol. The fourth-order valence-corrected chi connectivity index (χ4v) is 3.76. The molecular weight excluding hydrogens is 490 g/mol. The molecule has 1 aromatic heterocycles. The van der Waals surface area contributed by atoms with E-state index in [4.69, 9.17) is 16.4 Å². The normalized spacial score (nSPS) is 15.8. The van der Waals surface area contributed by atoms with Crippen LogP contribution in [-0.2, 0) is 6.54 Å². The third kappa shape index (κ3) is 5.68. The highest BCUT2D eigenvalue weighted by Gasteiger charge is 2.42. The van der Waals surface area contributed by atoms with Crippen LogP contribution in [0.5, 0.6) is 11.6 Å². The van der Waals surface area contributed by atoms with Crippen LogP contribution in [0.15, 0.2) is 77.2 Å². The maximum Gasteiger partial charge on any atom is 0.345 e. The Morgan fingerprint density at radius 2 is 1.76 bits per heavy atom. The van der Waals surface area contributed by atoms with E-state index in [1.165, 1.54) is 23.2 Å². The quantitative estimate of drug-likeness (QED) is 0.176. The van der Waals surface area contributed by atoms with Crippen molar-refractivity contribution in [2.45, 2.75) is 26.7 Å². The summed E-state index contributed by atoms with van der Waals surface area (Å²) in [6, 6.07) is 16.5. The molecule has 0 aliphatic carbocycles. The second-order valence-electron chi connectivity index (χ2n) is 8.38. The molecule has 1 aliphatic rings. The van der Waals surface area contributed by atoms with E-state index in [0.717, 1.165) is 21.0 Å². The Kier molecular flexibility index (Phi) is 7.77.